The number of nitro benzene ring substituents is 1. The van der Waals surface area contributed by atoms with Crippen LogP contribution in [-0.2, 0) is 14.4 Å². The first-order valence-electron chi connectivity index (χ1n) is 11.3. The Hall–Kier alpha value is -3.50. The lowest BCUT2D eigenvalue weighted by molar-refractivity contribution is -0.384. The lowest BCUT2D eigenvalue weighted by Gasteiger charge is -2.36. The molecule has 4 amide bonds. The van der Waals surface area contributed by atoms with Gasteiger partial charge in [0.15, 0.2) is 0 Å². The highest BCUT2D eigenvalue weighted by Crippen LogP contribution is 2.29. The first kappa shape index (κ1) is 22.7. The number of amides is 4. The van der Waals surface area contributed by atoms with Crippen molar-refractivity contribution >= 4 is 35.0 Å². The van der Waals surface area contributed by atoms with Gasteiger partial charge in [-0.15, -0.1) is 0 Å². The van der Waals surface area contributed by atoms with Crippen molar-refractivity contribution in [1.29, 1.82) is 0 Å². The molecule has 33 heavy (non-hydrogen) atoms. The second kappa shape index (κ2) is 9.55. The minimum Gasteiger partial charge on any atom is -0.371 e. The quantitative estimate of drug-likeness (QED) is 0.367. The van der Waals surface area contributed by atoms with Crippen molar-refractivity contribution in [3.05, 3.63) is 33.9 Å². The Kier molecular flexibility index (Phi) is 6.57. The normalized spacial score (nSPS) is 19.3. The highest BCUT2D eigenvalue weighted by molar-refractivity contribution is 6.04. The molecule has 176 valence electrons. The molecule has 3 aliphatic heterocycles. The number of hydrogen-bond donors (Lipinski definition) is 0. The number of carbonyl (C=O) groups is 4. The summed E-state index contributed by atoms with van der Waals surface area (Å²) in [6, 6.07) is 4.42. The van der Waals surface area contributed by atoms with Crippen molar-refractivity contribution in [2.75, 3.05) is 50.7 Å². The van der Waals surface area contributed by atoms with E-state index in [4.69, 9.17) is 0 Å². The van der Waals surface area contributed by atoms with Crippen LogP contribution in [0.5, 0.6) is 0 Å². The van der Waals surface area contributed by atoms with Crippen LogP contribution in [0.3, 0.4) is 0 Å². The van der Waals surface area contributed by atoms with E-state index < -0.39 is 4.92 Å². The van der Waals surface area contributed by atoms with Crippen molar-refractivity contribution in [2.24, 2.45) is 0 Å². The van der Waals surface area contributed by atoms with E-state index in [1.54, 1.807) is 15.9 Å². The number of anilines is 1. The Morgan fingerprint density at radius 1 is 0.879 bits per heavy atom. The highest BCUT2D eigenvalue weighted by atomic mass is 16.6. The third-order valence-corrected chi connectivity index (χ3v) is 6.49. The van der Waals surface area contributed by atoms with E-state index in [2.05, 4.69) is 4.90 Å². The maximum absolute atomic E-state index is 13.4. The number of imide groups is 1. The summed E-state index contributed by atoms with van der Waals surface area (Å²) < 4.78 is 0. The zero-order valence-corrected chi connectivity index (χ0v) is 18.4. The molecule has 0 aliphatic carbocycles. The van der Waals surface area contributed by atoms with Gasteiger partial charge in [0.2, 0.25) is 17.7 Å². The van der Waals surface area contributed by atoms with Crippen molar-refractivity contribution in [3.8, 4) is 0 Å². The summed E-state index contributed by atoms with van der Waals surface area (Å²) >= 11 is 0. The molecule has 11 nitrogen and oxygen atoms in total. The van der Waals surface area contributed by atoms with Crippen LogP contribution >= 0.6 is 0 Å². The van der Waals surface area contributed by atoms with Gasteiger partial charge in [-0.2, -0.15) is 0 Å². The van der Waals surface area contributed by atoms with Gasteiger partial charge in [0.05, 0.1) is 16.2 Å². The smallest absolute Gasteiger partial charge is 0.270 e. The van der Waals surface area contributed by atoms with E-state index in [0.717, 1.165) is 37.3 Å². The molecule has 3 aliphatic rings. The first-order chi connectivity index (χ1) is 15.8. The standard InChI is InChI=1S/C22H27N5O6/c28-19-6-7-20(29)26(19)15-21(30)24-10-12-25(13-11-24)22(31)17-14-16(27(32)33)4-5-18(17)23-8-2-1-3-9-23/h4-5,14H,1-3,6-13,15H2. The molecule has 0 N–H and O–H groups in total. The topological polar surface area (TPSA) is 124 Å². The van der Waals surface area contributed by atoms with Crippen LogP contribution in [0, 0.1) is 10.1 Å². The summed E-state index contributed by atoms with van der Waals surface area (Å²) in [4.78, 5) is 66.5. The van der Waals surface area contributed by atoms with Crippen LogP contribution < -0.4 is 4.90 Å². The molecule has 0 unspecified atom stereocenters. The third-order valence-electron chi connectivity index (χ3n) is 6.49. The molecule has 0 bridgehead atoms. The Morgan fingerprint density at radius 3 is 2.09 bits per heavy atom. The fourth-order valence-corrected chi connectivity index (χ4v) is 4.58. The lowest BCUT2D eigenvalue weighted by atomic mass is 10.0. The number of nitro groups is 1. The van der Waals surface area contributed by atoms with E-state index >= 15 is 0 Å². The largest absolute Gasteiger partial charge is 0.371 e. The summed E-state index contributed by atoms with van der Waals surface area (Å²) in [5.74, 6) is -1.29. The molecule has 1 aromatic rings. The molecule has 4 rings (SSSR count). The number of carbonyl (C=O) groups excluding carboxylic acids is 4. The molecule has 3 fully saturated rings. The van der Waals surface area contributed by atoms with E-state index in [9.17, 15) is 29.3 Å². The van der Waals surface area contributed by atoms with E-state index in [-0.39, 0.29) is 74.9 Å². The van der Waals surface area contributed by atoms with Gasteiger partial charge in [-0.25, -0.2) is 0 Å². The molecular formula is C22H27N5O6. The van der Waals surface area contributed by atoms with Gasteiger partial charge < -0.3 is 14.7 Å². The lowest BCUT2D eigenvalue weighted by Crippen LogP contribution is -2.53. The summed E-state index contributed by atoms with van der Waals surface area (Å²) in [5, 5.41) is 11.3. The molecule has 0 atom stereocenters. The Morgan fingerprint density at radius 2 is 1.48 bits per heavy atom. The predicted molar refractivity (Wildman–Crippen MR) is 118 cm³/mol. The number of non-ortho nitro benzene ring substituents is 1. The molecule has 0 aromatic heterocycles. The maximum Gasteiger partial charge on any atom is 0.270 e. The molecule has 1 aromatic carbocycles. The van der Waals surface area contributed by atoms with Gasteiger partial charge in [0.1, 0.15) is 6.54 Å². The zero-order chi connectivity index (χ0) is 23.5. The van der Waals surface area contributed by atoms with Gasteiger partial charge >= 0.3 is 0 Å². The first-order valence-corrected chi connectivity index (χ1v) is 11.3. The average molecular weight is 457 g/mol. The number of likely N-dealkylation sites (tertiary alicyclic amines) is 1. The molecular weight excluding hydrogens is 430 g/mol. The van der Waals surface area contributed by atoms with E-state index in [1.807, 2.05) is 0 Å². The van der Waals surface area contributed by atoms with Crippen molar-refractivity contribution in [1.82, 2.24) is 14.7 Å². The SMILES string of the molecule is O=C(CN1C(=O)CCC1=O)N1CCN(C(=O)c2cc([N+](=O)[O-])ccc2N2CCCCC2)CC1. The summed E-state index contributed by atoms with van der Waals surface area (Å²) in [7, 11) is 0. The van der Waals surface area contributed by atoms with Gasteiger partial charge in [-0.1, -0.05) is 0 Å². The average Bonchev–Trinajstić information content (AvgIpc) is 3.15. The van der Waals surface area contributed by atoms with E-state index in [0.29, 0.717) is 11.3 Å². The molecule has 3 heterocycles. The Balaban J connectivity index is 1.44. The second-order valence-corrected chi connectivity index (χ2v) is 8.55. The van der Waals surface area contributed by atoms with Crippen LogP contribution in [0.25, 0.3) is 0 Å². The van der Waals surface area contributed by atoms with Crippen molar-refractivity contribution in [2.45, 2.75) is 32.1 Å². The van der Waals surface area contributed by atoms with Gasteiger partial charge in [0.25, 0.3) is 11.6 Å². The summed E-state index contributed by atoms with van der Waals surface area (Å²) in [6.45, 7) is 2.42. The Labute approximate surface area is 191 Å². The Bertz CT molecular complexity index is 965. The number of piperazine rings is 1. The van der Waals surface area contributed by atoms with Crippen LogP contribution in [-0.4, -0.2) is 89.1 Å². The van der Waals surface area contributed by atoms with Crippen molar-refractivity contribution < 1.29 is 24.1 Å². The van der Waals surface area contributed by atoms with Gasteiger partial charge in [-0.3, -0.25) is 34.2 Å². The minimum absolute atomic E-state index is 0.132. The summed E-state index contributed by atoms with van der Waals surface area (Å²) in [6.07, 6.45) is 3.41. The number of hydrogen-bond acceptors (Lipinski definition) is 7. The monoisotopic (exact) mass is 457 g/mol. The summed E-state index contributed by atoms with van der Waals surface area (Å²) in [5.41, 5.74) is 0.877. The molecule has 3 saturated heterocycles. The van der Waals surface area contributed by atoms with Crippen molar-refractivity contribution in [3.63, 3.8) is 0 Å². The van der Waals surface area contributed by atoms with Gasteiger partial charge in [-0.05, 0) is 25.3 Å². The number of benzene rings is 1. The molecule has 11 heteroatoms. The second-order valence-electron chi connectivity index (χ2n) is 8.55. The van der Waals surface area contributed by atoms with Crippen LogP contribution in [0.15, 0.2) is 18.2 Å². The number of piperidine rings is 1. The van der Waals surface area contributed by atoms with E-state index in [1.165, 1.54) is 12.1 Å². The maximum atomic E-state index is 13.4. The third kappa shape index (κ3) is 4.81. The minimum atomic E-state index is -0.506. The van der Waals surface area contributed by atoms with Crippen LogP contribution in [0.1, 0.15) is 42.5 Å². The predicted octanol–water partition coefficient (Wildman–Crippen LogP) is 1.02. The number of nitrogens with zero attached hydrogens (tertiary/aromatic N) is 5. The molecule has 0 spiro atoms. The van der Waals surface area contributed by atoms with Crippen LogP contribution in [0.2, 0.25) is 0 Å². The fraction of sp³-hybridized carbons (Fsp3) is 0.545. The zero-order valence-electron chi connectivity index (χ0n) is 18.4. The van der Waals surface area contributed by atoms with Gasteiger partial charge in [0, 0.05) is 64.2 Å². The van der Waals surface area contributed by atoms with Crippen LogP contribution in [0.4, 0.5) is 11.4 Å². The molecule has 0 radical (unpaired) electrons. The number of rotatable bonds is 5. The molecule has 0 saturated carbocycles. The highest BCUT2D eigenvalue weighted by Gasteiger charge is 2.33. The fourth-order valence-electron chi connectivity index (χ4n) is 4.58.